The Morgan fingerprint density at radius 2 is 1.81 bits per heavy atom. The van der Waals surface area contributed by atoms with Gasteiger partial charge in [-0.25, -0.2) is 0 Å². The van der Waals surface area contributed by atoms with E-state index in [9.17, 15) is 0 Å². The van der Waals surface area contributed by atoms with E-state index in [1.165, 1.54) is 26.1 Å². The second kappa shape index (κ2) is 4.07. The summed E-state index contributed by atoms with van der Waals surface area (Å²) in [6.07, 6.45) is 2.10. The highest BCUT2D eigenvalue weighted by molar-refractivity contribution is 8.00. The number of rotatable bonds is 1. The summed E-state index contributed by atoms with van der Waals surface area (Å²) in [7, 11) is 0. The summed E-state index contributed by atoms with van der Waals surface area (Å²) in [5, 5.41) is 3.48. The Morgan fingerprint density at radius 1 is 1.00 bits per heavy atom. The first-order chi connectivity index (χ1) is 7.86. The van der Waals surface area contributed by atoms with Gasteiger partial charge in [-0.15, -0.1) is 11.8 Å². The molecular formula is C13H11NS2. The van der Waals surface area contributed by atoms with E-state index in [-0.39, 0.29) is 0 Å². The largest absolute Gasteiger partial charge is 0.354 e. The fourth-order valence-electron chi connectivity index (χ4n) is 1.75. The predicted octanol–water partition coefficient (Wildman–Crippen LogP) is 4.62. The zero-order valence-corrected chi connectivity index (χ0v) is 10.5. The van der Waals surface area contributed by atoms with Crippen molar-refractivity contribution in [3.8, 4) is 0 Å². The standard InChI is InChI=1S/C13H11NS2/c1-15-9-6-7-13-11(8-9)14-10-4-2-3-5-12(10)16-13/h2-8,14H,1H3. The molecule has 0 amide bonds. The van der Waals surface area contributed by atoms with E-state index in [0.29, 0.717) is 0 Å². The van der Waals surface area contributed by atoms with Crippen LogP contribution in [-0.2, 0) is 0 Å². The molecule has 0 radical (unpaired) electrons. The van der Waals surface area contributed by atoms with Gasteiger partial charge in [0, 0.05) is 14.7 Å². The van der Waals surface area contributed by atoms with Crippen molar-refractivity contribution in [1.82, 2.24) is 0 Å². The van der Waals surface area contributed by atoms with Gasteiger partial charge in [-0.3, -0.25) is 0 Å². The van der Waals surface area contributed by atoms with Crippen molar-refractivity contribution in [1.29, 1.82) is 0 Å². The van der Waals surface area contributed by atoms with Crippen molar-refractivity contribution in [2.45, 2.75) is 14.7 Å². The van der Waals surface area contributed by atoms with Gasteiger partial charge in [-0.1, -0.05) is 23.9 Å². The van der Waals surface area contributed by atoms with Gasteiger partial charge in [0.1, 0.15) is 0 Å². The highest BCUT2D eigenvalue weighted by atomic mass is 32.2. The van der Waals surface area contributed by atoms with Gasteiger partial charge in [0.15, 0.2) is 0 Å². The minimum atomic E-state index is 1.21. The number of fused-ring (bicyclic) bond motifs is 2. The summed E-state index contributed by atoms with van der Waals surface area (Å²) in [6, 6.07) is 15.0. The quantitative estimate of drug-likeness (QED) is 0.628. The smallest absolute Gasteiger partial charge is 0.0537 e. The molecule has 1 aliphatic heterocycles. The molecular weight excluding hydrogens is 234 g/mol. The number of thioether (sulfide) groups is 1. The summed E-state index contributed by atoms with van der Waals surface area (Å²) >= 11 is 3.60. The van der Waals surface area contributed by atoms with E-state index in [4.69, 9.17) is 0 Å². The Bertz CT molecular complexity index is 537. The summed E-state index contributed by atoms with van der Waals surface area (Å²) in [5.74, 6) is 0. The molecule has 0 saturated heterocycles. The normalized spacial score (nSPS) is 12.6. The Morgan fingerprint density at radius 3 is 2.69 bits per heavy atom. The molecule has 1 aliphatic rings. The van der Waals surface area contributed by atoms with Crippen LogP contribution in [0.3, 0.4) is 0 Å². The molecule has 2 aromatic carbocycles. The Kier molecular flexibility index (Phi) is 2.58. The summed E-state index contributed by atoms with van der Waals surface area (Å²) in [4.78, 5) is 3.90. The fourth-order valence-corrected chi connectivity index (χ4v) is 3.15. The third-order valence-electron chi connectivity index (χ3n) is 2.56. The van der Waals surface area contributed by atoms with Gasteiger partial charge in [0.2, 0.25) is 0 Å². The predicted molar refractivity (Wildman–Crippen MR) is 72.1 cm³/mol. The topological polar surface area (TPSA) is 12.0 Å². The average molecular weight is 245 g/mol. The monoisotopic (exact) mass is 245 g/mol. The molecule has 0 aromatic heterocycles. The van der Waals surface area contributed by atoms with Gasteiger partial charge in [-0.05, 0) is 36.6 Å². The van der Waals surface area contributed by atoms with Crippen molar-refractivity contribution in [2.75, 3.05) is 11.6 Å². The van der Waals surface area contributed by atoms with E-state index in [1.54, 1.807) is 11.8 Å². The molecule has 0 aliphatic carbocycles. The zero-order chi connectivity index (χ0) is 11.0. The Balaban J connectivity index is 2.05. The third kappa shape index (κ3) is 1.70. The molecule has 0 spiro atoms. The molecule has 0 unspecified atom stereocenters. The molecule has 2 aromatic rings. The van der Waals surface area contributed by atoms with Crippen LogP contribution in [0.1, 0.15) is 0 Å². The lowest BCUT2D eigenvalue weighted by Gasteiger charge is -2.20. The first kappa shape index (κ1) is 10.1. The number of hydrogen-bond donors (Lipinski definition) is 1. The first-order valence-corrected chi connectivity index (χ1v) is 7.13. The lowest BCUT2D eigenvalue weighted by molar-refractivity contribution is 1.28. The van der Waals surface area contributed by atoms with Gasteiger partial charge < -0.3 is 5.32 Å². The van der Waals surface area contributed by atoms with Crippen LogP contribution in [0.4, 0.5) is 11.4 Å². The van der Waals surface area contributed by atoms with Crippen LogP contribution in [0.15, 0.2) is 57.2 Å². The second-order valence-electron chi connectivity index (χ2n) is 3.59. The zero-order valence-electron chi connectivity index (χ0n) is 8.86. The van der Waals surface area contributed by atoms with E-state index in [2.05, 4.69) is 54.0 Å². The summed E-state index contributed by atoms with van der Waals surface area (Å²) in [6.45, 7) is 0. The second-order valence-corrected chi connectivity index (χ2v) is 5.55. The maximum atomic E-state index is 3.48. The van der Waals surface area contributed by atoms with Gasteiger partial charge in [0.25, 0.3) is 0 Å². The molecule has 1 nitrogen and oxygen atoms in total. The lowest BCUT2D eigenvalue weighted by atomic mass is 10.2. The summed E-state index contributed by atoms with van der Waals surface area (Å²) in [5.41, 5.74) is 2.42. The van der Waals surface area contributed by atoms with Crippen LogP contribution < -0.4 is 5.32 Å². The van der Waals surface area contributed by atoms with Gasteiger partial charge in [-0.2, -0.15) is 0 Å². The average Bonchev–Trinajstić information content (AvgIpc) is 2.35. The molecule has 3 heteroatoms. The van der Waals surface area contributed by atoms with Crippen molar-refractivity contribution in [2.24, 2.45) is 0 Å². The van der Waals surface area contributed by atoms with E-state index >= 15 is 0 Å². The molecule has 1 heterocycles. The molecule has 0 saturated carbocycles. The van der Waals surface area contributed by atoms with Crippen LogP contribution >= 0.6 is 23.5 Å². The lowest BCUT2D eigenvalue weighted by Crippen LogP contribution is -1.99. The maximum Gasteiger partial charge on any atom is 0.0537 e. The number of para-hydroxylation sites is 1. The van der Waals surface area contributed by atoms with Crippen molar-refractivity contribution >= 4 is 34.9 Å². The number of hydrogen-bond acceptors (Lipinski definition) is 3. The van der Waals surface area contributed by atoms with E-state index < -0.39 is 0 Å². The van der Waals surface area contributed by atoms with Crippen LogP contribution in [0.25, 0.3) is 0 Å². The van der Waals surface area contributed by atoms with Crippen LogP contribution in [0.2, 0.25) is 0 Å². The third-order valence-corrected chi connectivity index (χ3v) is 4.44. The van der Waals surface area contributed by atoms with Gasteiger partial charge >= 0.3 is 0 Å². The molecule has 80 valence electrons. The fraction of sp³-hybridized carbons (Fsp3) is 0.0769. The van der Waals surface area contributed by atoms with Crippen molar-refractivity contribution in [3.63, 3.8) is 0 Å². The van der Waals surface area contributed by atoms with Crippen LogP contribution in [-0.4, -0.2) is 6.26 Å². The minimum absolute atomic E-state index is 1.21. The molecule has 3 rings (SSSR count). The van der Waals surface area contributed by atoms with Crippen LogP contribution in [0, 0.1) is 0 Å². The van der Waals surface area contributed by atoms with E-state index in [1.807, 2.05) is 11.8 Å². The first-order valence-electron chi connectivity index (χ1n) is 5.09. The summed E-state index contributed by atoms with van der Waals surface area (Å²) < 4.78 is 0. The maximum absolute atomic E-state index is 3.48. The van der Waals surface area contributed by atoms with Gasteiger partial charge in [0.05, 0.1) is 11.4 Å². The number of nitrogens with one attached hydrogen (secondary N) is 1. The Labute approximate surface area is 104 Å². The molecule has 0 fully saturated rings. The van der Waals surface area contributed by atoms with E-state index in [0.717, 1.165) is 0 Å². The number of benzene rings is 2. The highest BCUT2D eigenvalue weighted by Crippen LogP contribution is 2.44. The molecule has 1 N–H and O–H groups in total. The van der Waals surface area contributed by atoms with Crippen molar-refractivity contribution in [3.05, 3.63) is 42.5 Å². The SMILES string of the molecule is CSc1ccc2c(c1)Nc1ccccc1S2. The molecule has 0 bridgehead atoms. The highest BCUT2D eigenvalue weighted by Gasteiger charge is 2.14. The number of anilines is 2. The van der Waals surface area contributed by atoms with Crippen molar-refractivity contribution < 1.29 is 0 Å². The minimum Gasteiger partial charge on any atom is -0.354 e. The molecule has 16 heavy (non-hydrogen) atoms. The Hall–Kier alpha value is -1.06. The van der Waals surface area contributed by atoms with Crippen LogP contribution in [0.5, 0.6) is 0 Å². The molecule has 0 atom stereocenters.